The summed E-state index contributed by atoms with van der Waals surface area (Å²) in [4.78, 5) is 0. The SMILES string of the molecule is c1ccc(-c2c3cccc(-c4cccc5ccccc45)c3c(-c3ccccc3)c3cccc(-c4cccc5ccccc45)c23)cc1. The van der Waals surface area contributed by atoms with E-state index < -0.39 is 0 Å². The van der Waals surface area contributed by atoms with Gasteiger partial charge in [-0.2, -0.15) is 0 Å². The molecule has 0 radical (unpaired) electrons. The molecule has 0 amide bonds. The molecule has 0 N–H and O–H groups in total. The molecule has 0 nitrogen and oxygen atoms in total. The van der Waals surface area contributed by atoms with Crippen LogP contribution >= 0.6 is 0 Å². The molecule has 0 saturated carbocycles. The molecule has 214 valence electrons. The van der Waals surface area contributed by atoms with Crippen LogP contribution in [0.2, 0.25) is 0 Å². The van der Waals surface area contributed by atoms with Crippen LogP contribution in [-0.4, -0.2) is 0 Å². The maximum Gasteiger partial charge on any atom is -0.00139 e. The number of hydrogen-bond acceptors (Lipinski definition) is 0. The first kappa shape index (κ1) is 26.4. The maximum atomic E-state index is 2.33. The second-order valence-electron chi connectivity index (χ2n) is 12.0. The highest BCUT2D eigenvalue weighted by atomic mass is 14.3. The highest BCUT2D eigenvalue weighted by Crippen LogP contribution is 2.50. The lowest BCUT2D eigenvalue weighted by atomic mass is 9.80. The lowest BCUT2D eigenvalue weighted by molar-refractivity contribution is 1.63. The molecular weight excluding hydrogens is 553 g/mol. The van der Waals surface area contributed by atoms with Crippen LogP contribution in [0.25, 0.3) is 87.6 Å². The summed E-state index contributed by atoms with van der Waals surface area (Å²) in [6.45, 7) is 0. The van der Waals surface area contributed by atoms with E-state index in [1.165, 1.54) is 87.6 Å². The van der Waals surface area contributed by atoms with Gasteiger partial charge in [-0.3, -0.25) is 0 Å². The molecule has 0 atom stereocenters. The molecule has 0 fully saturated rings. The largest absolute Gasteiger partial charge is 0.0622 e. The van der Waals surface area contributed by atoms with Crippen molar-refractivity contribution in [1.29, 1.82) is 0 Å². The Balaban J connectivity index is 1.54. The van der Waals surface area contributed by atoms with Crippen molar-refractivity contribution in [2.45, 2.75) is 0 Å². The second kappa shape index (κ2) is 10.9. The van der Waals surface area contributed by atoms with E-state index in [9.17, 15) is 0 Å². The van der Waals surface area contributed by atoms with E-state index in [-0.39, 0.29) is 0 Å². The Morgan fingerprint density at radius 2 is 0.543 bits per heavy atom. The molecule has 0 aliphatic heterocycles. The van der Waals surface area contributed by atoms with Crippen LogP contribution in [0.3, 0.4) is 0 Å². The van der Waals surface area contributed by atoms with Crippen molar-refractivity contribution >= 4 is 43.1 Å². The molecule has 9 aromatic rings. The third-order valence-electron chi connectivity index (χ3n) is 9.45. The van der Waals surface area contributed by atoms with Gasteiger partial charge in [0.2, 0.25) is 0 Å². The molecule has 0 aromatic heterocycles. The number of rotatable bonds is 4. The fourth-order valence-corrected chi connectivity index (χ4v) is 7.51. The van der Waals surface area contributed by atoms with Gasteiger partial charge in [0.25, 0.3) is 0 Å². The minimum atomic E-state index is 1.22. The summed E-state index contributed by atoms with van der Waals surface area (Å²) in [5, 5.41) is 10.1. The highest BCUT2D eigenvalue weighted by Gasteiger charge is 2.22. The van der Waals surface area contributed by atoms with E-state index in [0.717, 1.165) is 0 Å². The van der Waals surface area contributed by atoms with Crippen molar-refractivity contribution in [3.8, 4) is 44.5 Å². The fraction of sp³-hybridized carbons (Fsp3) is 0. The Kier molecular flexibility index (Phi) is 6.25. The molecule has 0 heterocycles. The van der Waals surface area contributed by atoms with E-state index >= 15 is 0 Å². The Hall–Kier alpha value is -5.98. The third-order valence-corrected chi connectivity index (χ3v) is 9.45. The zero-order valence-electron chi connectivity index (χ0n) is 25.3. The first-order chi connectivity index (χ1) is 22.9. The average Bonchev–Trinajstić information content (AvgIpc) is 3.13. The van der Waals surface area contributed by atoms with Crippen LogP contribution in [0.15, 0.2) is 182 Å². The molecule has 0 aliphatic rings. The van der Waals surface area contributed by atoms with Crippen molar-refractivity contribution in [3.63, 3.8) is 0 Å². The van der Waals surface area contributed by atoms with E-state index in [4.69, 9.17) is 0 Å². The quantitative estimate of drug-likeness (QED) is 0.181. The molecule has 0 heteroatoms. The van der Waals surface area contributed by atoms with Gasteiger partial charge in [0, 0.05) is 0 Å². The van der Waals surface area contributed by atoms with Crippen LogP contribution in [0.1, 0.15) is 0 Å². The smallest absolute Gasteiger partial charge is 0.00139 e. The molecule has 9 rings (SSSR count). The van der Waals surface area contributed by atoms with Gasteiger partial charge in [-0.05, 0) is 87.6 Å². The van der Waals surface area contributed by atoms with Gasteiger partial charge in [0.1, 0.15) is 0 Å². The van der Waals surface area contributed by atoms with E-state index in [1.807, 2.05) is 0 Å². The van der Waals surface area contributed by atoms with Gasteiger partial charge < -0.3 is 0 Å². The van der Waals surface area contributed by atoms with E-state index in [2.05, 4.69) is 182 Å². The zero-order valence-corrected chi connectivity index (χ0v) is 25.3. The molecule has 0 saturated heterocycles. The van der Waals surface area contributed by atoms with Crippen molar-refractivity contribution in [2.75, 3.05) is 0 Å². The summed E-state index contributed by atoms with van der Waals surface area (Å²) in [6, 6.07) is 66.5. The lowest BCUT2D eigenvalue weighted by Gasteiger charge is -2.23. The minimum Gasteiger partial charge on any atom is -0.0622 e. The van der Waals surface area contributed by atoms with Crippen molar-refractivity contribution < 1.29 is 0 Å². The monoisotopic (exact) mass is 582 g/mol. The first-order valence-electron chi connectivity index (χ1n) is 16.0. The summed E-state index contributed by atoms with van der Waals surface area (Å²) in [7, 11) is 0. The van der Waals surface area contributed by atoms with Crippen molar-refractivity contribution in [3.05, 3.63) is 182 Å². The lowest BCUT2D eigenvalue weighted by Crippen LogP contribution is -1.95. The predicted molar refractivity (Wildman–Crippen MR) is 198 cm³/mol. The number of hydrogen-bond donors (Lipinski definition) is 0. The molecule has 0 unspecified atom stereocenters. The van der Waals surface area contributed by atoms with Gasteiger partial charge in [0.15, 0.2) is 0 Å². The van der Waals surface area contributed by atoms with Gasteiger partial charge in [-0.25, -0.2) is 0 Å². The molecule has 0 aliphatic carbocycles. The van der Waals surface area contributed by atoms with Gasteiger partial charge in [0.05, 0.1) is 0 Å². The molecule has 0 bridgehead atoms. The van der Waals surface area contributed by atoms with Crippen LogP contribution in [-0.2, 0) is 0 Å². The Labute approximate surface area is 268 Å². The standard InChI is InChI=1S/C46H30/c1-3-17-33(18-4-1)43-41-29-13-28-40(38-26-12-22-32-16-8-10-24-36(32)38)46(41)44(34-19-5-2-6-20-34)42-30-14-27-39(45(42)43)37-25-11-21-31-15-7-9-23-35(31)37/h1-30H. The predicted octanol–water partition coefficient (Wildman–Crippen LogP) is 13.0. The number of fused-ring (bicyclic) bond motifs is 4. The molecule has 9 aromatic carbocycles. The molecular formula is C46H30. The second-order valence-corrected chi connectivity index (χ2v) is 12.0. The normalized spacial score (nSPS) is 11.5. The Morgan fingerprint density at radius 1 is 0.217 bits per heavy atom. The van der Waals surface area contributed by atoms with Crippen molar-refractivity contribution in [1.82, 2.24) is 0 Å². The number of benzene rings is 9. The van der Waals surface area contributed by atoms with Gasteiger partial charge in [-0.15, -0.1) is 0 Å². The van der Waals surface area contributed by atoms with Gasteiger partial charge in [-0.1, -0.05) is 182 Å². The Morgan fingerprint density at radius 3 is 1.00 bits per heavy atom. The topological polar surface area (TPSA) is 0 Å². The molecule has 46 heavy (non-hydrogen) atoms. The summed E-state index contributed by atoms with van der Waals surface area (Å²) < 4.78 is 0. The summed E-state index contributed by atoms with van der Waals surface area (Å²) in [5.41, 5.74) is 10.0. The molecule has 0 spiro atoms. The van der Waals surface area contributed by atoms with E-state index in [0.29, 0.717) is 0 Å². The van der Waals surface area contributed by atoms with Crippen LogP contribution in [0, 0.1) is 0 Å². The van der Waals surface area contributed by atoms with Crippen molar-refractivity contribution in [2.24, 2.45) is 0 Å². The zero-order chi connectivity index (χ0) is 30.5. The minimum absolute atomic E-state index is 1.22. The van der Waals surface area contributed by atoms with Crippen LogP contribution < -0.4 is 0 Å². The van der Waals surface area contributed by atoms with Crippen LogP contribution in [0.4, 0.5) is 0 Å². The van der Waals surface area contributed by atoms with E-state index in [1.54, 1.807) is 0 Å². The Bertz CT molecular complexity index is 2370. The fourth-order valence-electron chi connectivity index (χ4n) is 7.51. The summed E-state index contributed by atoms with van der Waals surface area (Å²) >= 11 is 0. The first-order valence-corrected chi connectivity index (χ1v) is 16.0. The van der Waals surface area contributed by atoms with Crippen LogP contribution in [0.5, 0.6) is 0 Å². The average molecular weight is 583 g/mol. The highest BCUT2D eigenvalue weighted by molar-refractivity contribution is 6.28. The summed E-state index contributed by atoms with van der Waals surface area (Å²) in [6.07, 6.45) is 0. The third kappa shape index (κ3) is 4.15. The maximum absolute atomic E-state index is 2.33. The summed E-state index contributed by atoms with van der Waals surface area (Å²) in [5.74, 6) is 0. The van der Waals surface area contributed by atoms with Gasteiger partial charge >= 0.3 is 0 Å².